The van der Waals surface area contributed by atoms with Gasteiger partial charge in [0.2, 0.25) is 0 Å². The topological polar surface area (TPSA) is 42.2 Å². The Bertz CT molecular complexity index is 497. The molecule has 1 saturated carbocycles. The van der Waals surface area contributed by atoms with Gasteiger partial charge in [-0.25, -0.2) is 4.98 Å². The summed E-state index contributed by atoms with van der Waals surface area (Å²) in [7, 11) is 1.73. The van der Waals surface area contributed by atoms with E-state index in [1.807, 2.05) is 0 Å². The van der Waals surface area contributed by atoms with Gasteiger partial charge in [-0.2, -0.15) is 13.2 Å². The Morgan fingerprint density at radius 1 is 1.42 bits per heavy atom. The molecule has 2 N–H and O–H groups in total. The summed E-state index contributed by atoms with van der Waals surface area (Å²) in [4.78, 5) is 5.50. The second kappa shape index (κ2) is 4.96. The molecule has 0 aliphatic heterocycles. The molecule has 0 spiro atoms. The minimum Gasteiger partial charge on any atom is -0.389 e. The lowest BCUT2D eigenvalue weighted by Gasteiger charge is -2.36. The van der Waals surface area contributed by atoms with Gasteiger partial charge in [0.05, 0.1) is 5.56 Å². The molecule has 1 fully saturated rings. The molecule has 0 bridgehead atoms. The van der Waals surface area contributed by atoms with Crippen molar-refractivity contribution in [3.8, 4) is 0 Å². The van der Waals surface area contributed by atoms with Crippen molar-refractivity contribution in [3.63, 3.8) is 0 Å². The molecule has 7 heteroatoms. The summed E-state index contributed by atoms with van der Waals surface area (Å²) >= 11 is 4.88. The first kappa shape index (κ1) is 14.0. The SMILES string of the molecule is CN(c1nc(C(F)(F)F)ccc1C(N)=S)C1CCC1. The van der Waals surface area contributed by atoms with E-state index < -0.39 is 11.9 Å². The van der Waals surface area contributed by atoms with E-state index in [1.165, 1.54) is 6.07 Å². The predicted octanol–water partition coefficient (Wildman–Crippen LogP) is 2.72. The van der Waals surface area contributed by atoms with E-state index in [9.17, 15) is 13.2 Å². The number of hydrogen-bond donors (Lipinski definition) is 1. The summed E-state index contributed by atoms with van der Waals surface area (Å²) in [5, 5.41) is 0. The number of anilines is 1. The van der Waals surface area contributed by atoms with Gasteiger partial charge in [-0.1, -0.05) is 12.2 Å². The molecule has 1 heterocycles. The van der Waals surface area contributed by atoms with Crippen molar-refractivity contribution in [1.82, 2.24) is 4.98 Å². The maximum Gasteiger partial charge on any atom is 0.433 e. The molecule has 0 unspecified atom stereocenters. The molecule has 1 aliphatic carbocycles. The van der Waals surface area contributed by atoms with Crippen molar-refractivity contribution in [2.45, 2.75) is 31.5 Å². The number of nitrogens with two attached hydrogens (primary N) is 1. The highest BCUT2D eigenvalue weighted by molar-refractivity contribution is 7.80. The number of aromatic nitrogens is 1. The molecule has 1 aliphatic rings. The van der Waals surface area contributed by atoms with Crippen molar-refractivity contribution < 1.29 is 13.2 Å². The van der Waals surface area contributed by atoms with Crippen molar-refractivity contribution in [1.29, 1.82) is 0 Å². The molecule has 104 valence electrons. The van der Waals surface area contributed by atoms with Crippen LogP contribution in [0.2, 0.25) is 0 Å². The predicted molar refractivity (Wildman–Crippen MR) is 71.2 cm³/mol. The smallest absolute Gasteiger partial charge is 0.389 e. The number of thiocarbonyl (C=S) groups is 1. The van der Waals surface area contributed by atoms with Crippen LogP contribution in [-0.2, 0) is 6.18 Å². The highest BCUT2D eigenvalue weighted by Gasteiger charge is 2.34. The van der Waals surface area contributed by atoms with Crippen LogP contribution in [-0.4, -0.2) is 23.1 Å². The highest BCUT2D eigenvalue weighted by atomic mass is 32.1. The lowest BCUT2D eigenvalue weighted by molar-refractivity contribution is -0.141. The van der Waals surface area contributed by atoms with Crippen LogP contribution in [0.5, 0.6) is 0 Å². The van der Waals surface area contributed by atoms with Crippen LogP contribution in [0.3, 0.4) is 0 Å². The van der Waals surface area contributed by atoms with Gasteiger partial charge >= 0.3 is 6.18 Å². The Labute approximate surface area is 114 Å². The van der Waals surface area contributed by atoms with Gasteiger partial charge < -0.3 is 10.6 Å². The fourth-order valence-electron chi connectivity index (χ4n) is 2.01. The van der Waals surface area contributed by atoms with Gasteiger partial charge in [0.15, 0.2) is 0 Å². The summed E-state index contributed by atoms with van der Waals surface area (Å²) < 4.78 is 38.1. The van der Waals surface area contributed by atoms with Crippen LogP contribution in [0.4, 0.5) is 19.0 Å². The van der Waals surface area contributed by atoms with E-state index in [2.05, 4.69) is 4.98 Å². The molecule has 0 radical (unpaired) electrons. The summed E-state index contributed by atoms with van der Waals surface area (Å²) in [6.07, 6.45) is -1.49. The van der Waals surface area contributed by atoms with Crippen molar-refractivity contribution in [2.75, 3.05) is 11.9 Å². The van der Waals surface area contributed by atoms with Crippen molar-refractivity contribution in [3.05, 3.63) is 23.4 Å². The van der Waals surface area contributed by atoms with Gasteiger partial charge in [-0.3, -0.25) is 0 Å². The third-order valence-electron chi connectivity index (χ3n) is 3.39. The second-order valence-electron chi connectivity index (χ2n) is 4.63. The van der Waals surface area contributed by atoms with Gasteiger partial charge in [-0.15, -0.1) is 0 Å². The van der Waals surface area contributed by atoms with E-state index in [0.29, 0.717) is 5.56 Å². The zero-order chi connectivity index (χ0) is 14.2. The highest BCUT2D eigenvalue weighted by Crippen LogP contribution is 2.33. The quantitative estimate of drug-likeness (QED) is 0.869. The molecular weight excluding hydrogens is 275 g/mol. The van der Waals surface area contributed by atoms with Gasteiger partial charge in [0.25, 0.3) is 0 Å². The first-order chi connectivity index (χ1) is 8.80. The molecule has 1 aromatic heterocycles. The molecule has 0 amide bonds. The minimum atomic E-state index is -4.47. The van der Waals surface area contributed by atoms with Crippen molar-refractivity contribution in [2.24, 2.45) is 5.73 Å². The summed E-state index contributed by atoms with van der Waals surface area (Å²) in [6, 6.07) is 2.42. The molecular formula is C12H14F3N3S. The lowest BCUT2D eigenvalue weighted by atomic mass is 9.91. The monoisotopic (exact) mass is 289 g/mol. The third kappa shape index (κ3) is 2.80. The fourth-order valence-corrected chi connectivity index (χ4v) is 2.17. The van der Waals surface area contributed by atoms with Crippen LogP contribution in [0.15, 0.2) is 12.1 Å². The molecule has 2 rings (SSSR count). The normalized spacial score (nSPS) is 16.0. The Hall–Kier alpha value is -1.37. The maximum atomic E-state index is 12.7. The van der Waals surface area contributed by atoms with Crippen LogP contribution < -0.4 is 10.6 Å². The summed E-state index contributed by atoms with van der Waals surface area (Å²) in [6.45, 7) is 0. The van der Waals surface area contributed by atoms with Crippen LogP contribution >= 0.6 is 12.2 Å². The number of rotatable bonds is 3. The lowest BCUT2D eigenvalue weighted by Crippen LogP contribution is -2.39. The maximum absolute atomic E-state index is 12.7. The molecule has 3 nitrogen and oxygen atoms in total. The zero-order valence-electron chi connectivity index (χ0n) is 10.4. The minimum absolute atomic E-state index is 0.0578. The third-order valence-corrected chi connectivity index (χ3v) is 3.61. The van der Waals surface area contributed by atoms with E-state index in [4.69, 9.17) is 18.0 Å². The van der Waals surface area contributed by atoms with E-state index in [1.54, 1.807) is 11.9 Å². The molecule has 0 aromatic carbocycles. The Kier molecular flexibility index (Phi) is 3.66. The molecule has 19 heavy (non-hydrogen) atoms. The van der Waals surface area contributed by atoms with Crippen molar-refractivity contribution >= 4 is 23.0 Å². The zero-order valence-corrected chi connectivity index (χ0v) is 11.2. The average Bonchev–Trinajstić information content (AvgIpc) is 2.24. The number of pyridine rings is 1. The summed E-state index contributed by atoms with van der Waals surface area (Å²) in [5.74, 6) is 0.215. The Morgan fingerprint density at radius 3 is 2.47 bits per heavy atom. The number of halogens is 3. The fraction of sp³-hybridized carbons (Fsp3) is 0.500. The standard InChI is InChI=1S/C12H14F3N3S/c1-18(7-3-2-4-7)11-8(10(16)19)5-6-9(17-11)12(13,14)15/h5-7H,2-4H2,1H3,(H2,16,19). The average molecular weight is 289 g/mol. The number of alkyl halides is 3. The number of nitrogens with zero attached hydrogens (tertiary/aromatic N) is 2. The Balaban J connectivity index is 2.44. The van der Waals surface area contributed by atoms with E-state index >= 15 is 0 Å². The molecule has 1 aromatic rings. The first-order valence-electron chi connectivity index (χ1n) is 5.91. The van der Waals surface area contributed by atoms with Crippen LogP contribution in [0, 0.1) is 0 Å². The van der Waals surface area contributed by atoms with Gasteiger partial charge in [-0.05, 0) is 31.4 Å². The summed E-state index contributed by atoms with van der Waals surface area (Å²) in [5.41, 5.74) is 5.02. The van der Waals surface area contributed by atoms with Gasteiger partial charge in [0, 0.05) is 13.1 Å². The molecule has 0 atom stereocenters. The largest absolute Gasteiger partial charge is 0.433 e. The van der Waals surface area contributed by atoms with Crippen LogP contribution in [0.25, 0.3) is 0 Å². The van der Waals surface area contributed by atoms with E-state index in [0.717, 1.165) is 25.3 Å². The van der Waals surface area contributed by atoms with Gasteiger partial charge in [0.1, 0.15) is 16.5 Å². The first-order valence-corrected chi connectivity index (χ1v) is 6.32. The second-order valence-corrected chi connectivity index (χ2v) is 5.07. The number of hydrogen-bond acceptors (Lipinski definition) is 3. The Morgan fingerprint density at radius 2 is 2.05 bits per heavy atom. The molecule has 0 saturated heterocycles. The van der Waals surface area contributed by atoms with E-state index in [-0.39, 0.29) is 16.8 Å². The van der Waals surface area contributed by atoms with Crippen LogP contribution in [0.1, 0.15) is 30.5 Å².